The van der Waals surface area contributed by atoms with Gasteiger partial charge in [0.1, 0.15) is 5.01 Å². The van der Waals surface area contributed by atoms with Crippen molar-refractivity contribution in [1.82, 2.24) is 15.2 Å². The number of benzene rings is 2. The van der Waals surface area contributed by atoms with Gasteiger partial charge < -0.3 is 5.32 Å². The average molecular weight is 408 g/mol. The maximum absolute atomic E-state index is 12.5. The molecule has 0 fully saturated rings. The predicted octanol–water partition coefficient (Wildman–Crippen LogP) is 4.82. The third kappa shape index (κ3) is 5.99. The van der Waals surface area contributed by atoms with Gasteiger partial charge in [-0.25, -0.2) is 4.98 Å². The van der Waals surface area contributed by atoms with Crippen LogP contribution in [0.4, 0.5) is 0 Å². The number of hydrogen-bond donors (Lipinski definition) is 1. The Morgan fingerprint density at radius 2 is 1.83 bits per heavy atom. The molecule has 29 heavy (non-hydrogen) atoms. The lowest BCUT2D eigenvalue weighted by Crippen LogP contribution is -2.27. The van der Waals surface area contributed by atoms with Crippen molar-refractivity contribution in [3.05, 3.63) is 76.3 Å². The van der Waals surface area contributed by atoms with Gasteiger partial charge in [-0.2, -0.15) is 0 Å². The van der Waals surface area contributed by atoms with E-state index in [-0.39, 0.29) is 5.91 Å². The second kappa shape index (κ2) is 10.3. The largest absolute Gasteiger partial charge is 0.352 e. The molecule has 152 valence electrons. The first-order valence-electron chi connectivity index (χ1n) is 10.2. The maximum atomic E-state index is 12.5. The fraction of sp³-hybridized carbons (Fsp3) is 0.333. The van der Waals surface area contributed by atoms with Gasteiger partial charge >= 0.3 is 0 Å². The minimum atomic E-state index is 0.00346. The van der Waals surface area contributed by atoms with E-state index in [0.717, 1.165) is 35.9 Å². The Hall–Kier alpha value is -2.50. The molecule has 1 amide bonds. The standard InChI is InChI=1S/C24H29N3OS/c1-4-27(5-2)16-21-11-7-6-10-20(21)15-25-23(28)14-22-17-29-24(26-22)19-12-8-9-18(3)13-19/h6-13,17H,4-5,14-16H2,1-3H3,(H,25,28). The summed E-state index contributed by atoms with van der Waals surface area (Å²) in [6.45, 7) is 9.91. The lowest BCUT2D eigenvalue weighted by Gasteiger charge is -2.20. The van der Waals surface area contributed by atoms with Gasteiger partial charge in [0, 0.05) is 24.0 Å². The Morgan fingerprint density at radius 3 is 2.55 bits per heavy atom. The number of amides is 1. The molecule has 1 aromatic heterocycles. The molecule has 0 atom stereocenters. The summed E-state index contributed by atoms with van der Waals surface area (Å²) < 4.78 is 0. The molecule has 0 saturated carbocycles. The molecule has 1 heterocycles. The maximum Gasteiger partial charge on any atom is 0.226 e. The number of thiazole rings is 1. The summed E-state index contributed by atoms with van der Waals surface area (Å²) in [5.41, 5.74) is 5.58. The van der Waals surface area contributed by atoms with Gasteiger partial charge in [-0.1, -0.05) is 61.9 Å². The van der Waals surface area contributed by atoms with Crippen molar-refractivity contribution < 1.29 is 4.79 Å². The molecule has 3 aromatic rings. The molecule has 2 aromatic carbocycles. The molecule has 5 heteroatoms. The van der Waals surface area contributed by atoms with Gasteiger partial charge in [-0.05, 0) is 37.2 Å². The van der Waals surface area contributed by atoms with E-state index in [9.17, 15) is 4.79 Å². The lowest BCUT2D eigenvalue weighted by molar-refractivity contribution is -0.120. The average Bonchev–Trinajstić information content (AvgIpc) is 3.19. The fourth-order valence-corrected chi connectivity index (χ4v) is 4.11. The van der Waals surface area contributed by atoms with E-state index in [1.165, 1.54) is 16.7 Å². The Labute approximate surface area is 177 Å². The Kier molecular flexibility index (Phi) is 7.55. The van der Waals surface area contributed by atoms with E-state index in [2.05, 4.69) is 72.4 Å². The minimum absolute atomic E-state index is 0.00346. The molecule has 0 radical (unpaired) electrons. The van der Waals surface area contributed by atoms with Crippen molar-refractivity contribution in [1.29, 1.82) is 0 Å². The number of aryl methyl sites for hydroxylation is 1. The second-order valence-corrected chi connectivity index (χ2v) is 8.06. The molecule has 1 N–H and O–H groups in total. The zero-order valence-electron chi connectivity index (χ0n) is 17.4. The van der Waals surface area contributed by atoms with Crippen molar-refractivity contribution in [2.75, 3.05) is 13.1 Å². The van der Waals surface area contributed by atoms with Crippen LogP contribution in [0.25, 0.3) is 10.6 Å². The van der Waals surface area contributed by atoms with Crippen LogP contribution in [0.2, 0.25) is 0 Å². The van der Waals surface area contributed by atoms with Crippen LogP contribution >= 0.6 is 11.3 Å². The van der Waals surface area contributed by atoms with Crippen LogP contribution in [-0.4, -0.2) is 28.9 Å². The molecule has 4 nitrogen and oxygen atoms in total. The number of hydrogen-bond acceptors (Lipinski definition) is 4. The molecule has 3 rings (SSSR count). The van der Waals surface area contributed by atoms with E-state index in [0.29, 0.717) is 13.0 Å². The molecular weight excluding hydrogens is 378 g/mol. The lowest BCUT2D eigenvalue weighted by atomic mass is 10.1. The minimum Gasteiger partial charge on any atom is -0.352 e. The third-order valence-corrected chi connectivity index (χ3v) is 5.98. The first-order valence-corrected chi connectivity index (χ1v) is 11.0. The number of aromatic nitrogens is 1. The van der Waals surface area contributed by atoms with E-state index in [4.69, 9.17) is 0 Å². The van der Waals surface area contributed by atoms with Crippen molar-refractivity contribution >= 4 is 17.2 Å². The van der Waals surface area contributed by atoms with Crippen LogP contribution in [0.3, 0.4) is 0 Å². The van der Waals surface area contributed by atoms with Crippen LogP contribution in [0, 0.1) is 6.92 Å². The normalized spacial score (nSPS) is 11.0. The first-order chi connectivity index (χ1) is 14.1. The fourth-order valence-electron chi connectivity index (χ4n) is 3.29. The van der Waals surface area contributed by atoms with Gasteiger partial charge in [-0.3, -0.25) is 9.69 Å². The third-order valence-electron chi connectivity index (χ3n) is 5.04. The number of nitrogens with one attached hydrogen (secondary N) is 1. The molecular formula is C24H29N3OS. The van der Waals surface area contributed by atoms with Crippen LogP contribution in [-0.2, 0) is 24.3 Å². The van der Waals surface area contributed by atoms with Crippen molar-refractivity contribution in [3.63, 3.8) is 0 Å². The van der Waals surface area contributed by atoms with Gasteiger partial charge in [0.05, 0.1) is 12.1 Å². The zero-order chi connectivity index (χ0) is 20.6. The summed E-state index contributed by atoms with van der Waals surface area (Å²) in [6, 6.07) is 16.6. The Bertz CT molecular complexity index is 947. The molecule has 0 aliphatic rings. The summed E-state index contributed by atoms with van der Waals surface area (Å²) in [6.07, 6.45) is 0.306. The topological polar surface area (TPSA) is 45.2 Å². The van der Waals surface area contributed by atoms with E-state index in [1.807, 2.05) is 17.5 Å². The molecule has 0 unspecified atom stereocenters. The smallest absolute Gasteiger partial charge is 0.226 e. The number of carbonyl (C=O) groups excluding carboxylic acids is 1. The monoisotopic (exact) mass is 407 g/mol. The highest BCUT2D eigenvalue weighted by molar-refractivity contribution is 7.13. The highest BCUT2D eigenvalue weighted by Crippen LogP contribution is 2.24. The summed E-state index contributed by atoms with van der Waals surface area (Å²) in [4.78, 5) is 19.5. The van der Waals surface area contributed by atoms with Gasteiger partial charge in [-0.15, -0.1) is 11.3 Å². The quantitative estimate of drug-likeness (QED) is 0.553. The van der Waals surface area contributed by atoms with Gasteiger partial charge in [0.15, 0.2) is 0 Å². The van der Waals surface area contributed by atoms with Gasteiger partial charge in [0.25, 0.3) is 0 Å². The molecule has 0 spiro atoms. The van der Waals surface area contributed by atoms with Crippen LogP contribution in [0.1, 0.15) is 36.2 Å². The zero-order valence-corrected chi connectivity index (χ0v) is 18.3. The van der Waals surface area contributed by atoms with E-state index < -0.39 is 0 Å². The van der Waals surface area contributed by atoms with Crippen molar-refractivity contribution in [2.24, 2.45) is 0 Å². The molecule has 0 saturated heterocycles. The van der Waals surface area contributed by atoms with Gasteiger partial charge in [0.2, 0.25) is 5.91 Å². The molecule has 0 aliphatic heterocycles. The molecule has 0 aliphatic carbocycles. The van der Waals surface area contributed by atoms with E-state index >= 15 is 0 Å². The highest BCUT2D eigenvalue weighted by Gasteiger charge is 2.11. The van der Waals surface area contributed by atoms with Crippen LogP contribution in [0.15, 0.2) is 53.9 Å². The predicted molar refractivity (Wildman–Crippen MR) is 121 cm³/mol. The van der Waals surface area contributed by atoms with E-state index in [1.54, 1.807) is 11.3 Å². The summed E-state index contributed by atoms with van der Waals surface area (Å²) >= 11 is 1.59. The Balaban J connectivity index is 1.58. The number of carbonyl (C=O) groups is 1. The summed E-state index contributed by atoms with van der Waals surface area (Å²) in [5.74, 6) is 0.00346. The Morgan fingerprint density at radius 1 is 1.07 bits per heavy atom. The summed E-state index contributed by atoms with van der Waals surface area (Å²) in [5, 5.41) is 6.00. The SMILES string of the molecule is CCN(CC)Cc1ccccc1CNC(=O)Cc1csc(-c2cccc(C)c2)n1. The van der Waals surface area contributed by atoms with Crippen LogP contribution in [0.5, 0.6) is 0 Å². The number of rotatable bonds is 9. The van der Waals surface area contributed by atoms with Crippen molar-refractivity contribution in [3.8, 4) is 10.6 Å². The van der Waals surface area contributed by atoms with Crippen molar-refractivity contribution in [2.45, 2.75) is 40.3 Å². The summed E-state index contributed by atoms with van der Waals surface area (Å²) in [7, 11) is 0. The molecule has 0 bridgehead atoms. The van der Waals surface area contributed by atoms with Crippen LogP contribution < -0.4 is 5.32 Å². The highest BCUT2D eigenvalue weighted by atomic mass is 32.1. The number of nitrogens with zero attached hydrogens (tertiary/aromatic N) is 2. The second-order valence-electron chi connectivity index (χ2n) is 7.20. The first kappa shape index (κ1) is 21.2.